The van der Waals surface area contributed by atoms with Crippen LogP contribution in [0.4, 0.5) is 0 Å². The highest BCUT2D eigenvalue weighted by atomic mass is 16.1. The van der Waals surface area contributed by atoms with E-state index in [4.69, 9.17) is 5.73 Å². The lowest BCUT2D eigenvalue weighted by atomic mass is 10.00. The van der Waals surface area contributed by atoms with Gasteiger partial charge in [0, 0.05) is 25.4 Å². The zero-order chi connectivity index (χ0) is 9.68. The number of hydrogen-bond donors (Lipinski definition) is 1. The second kappa shape index (κ2) is 4.97. The first kappa shape index (κ1) is 10.2. The Labute approximate surface area is 78.1 Å². The van der Waals surface area contributed by atoms with Crippen LogP contribution in [0.1, 0.15) is 19.3 Å². The van der Waals surface area contributed by atoms with Crippen LogP contribution in [0.5, 0.6) is 0 Å². The number of rotatable bonds is 4. The highest BCUT2D eigenvalue weighted by Gasteiger charge is 2.18. The van der Waals surface area contributed by atoms with Crippen molar-refractivity contribution in [3.63, 3.8) is 0 Å². The average Bonchev–Trinajstić information content (AvgIpc) is 2.15. The van der Waals surface area contributed by atoms with E-state index in [-0.39, 0.29) is 11.8 Å². The normalized spacial score (nSPS) is 24.2. The summed E-state index contributed by atoms with van der Waals surface area (Å²) in [4.78, 5) is 23.2. The van der Waals surface area contributed by atoms with E-state index in [9.17, 15) is 9.59 Å². The van der Waals surface area contributed by atoms with Gasteiger partial charge in [-0.15, -0.1) is 0 Å². The molecular weight excluding hydrogens is 168 g/mol. The first-order valence-corrected chi connectivity index (χ1v) is 4.68. The van der Waals surface area contributed by atoms with Gasteiger partial charge in [0.25, 0.3) is 0 Å². The number of amides is 1. The molecule has 0 aromatic rings. The highest BCUT2D eigenvalue weighted by molar-refractivity contribution is 5.73. The Morgan fingerprint density at radius 3 is 3.00 bits per heavy atom. The molecule has 4 nitrogen and oxygen atoms in total. The fraction of sp³-hybridized carbons (Fsp3) is 0.778. The fourth-order valence-corrected chi connectivity index (χ4v) is 1.67. The predicted octanol–water partition coefficient (Wildman–Crippen LogP) is -0.227. The molecule has 1 rings (SSSR count). The van der Waals surface area contributed by atoms with Crippen molar-refractivity contribution < 1.29 is 9.59 Å². The number of piperidine rings is 1. The van der Waals surface area contributed by atoms with Crippen LogP contribution in [0.25, 0.3) is 0 Å². The maximum absolute atomic E-state index is 10.5. The van der Waals surface area contributed by atoms with Crippen molar-refractivity contribution >= 4 is 12.2 Å². The molecule has 4 heteroatoms. The van der Waals surface area contributed by atoms with Crippen molar-refractivity contribution in [2.45, 2.75) is 19.3 Å². The van der Waals surface area contributed by atoms with Gasteiger partial charge in [-0.1, -0.05) is 0 Å². The van der Waals surface area contributed by atoms with Crippen LogP contribution in [0, 0.1) is 5.92 Å². The van der Waals surface area contributed by atoms with Gasteiger partial charge in [-0.2, -0.15) is 0 Å². The molecule has 0 saturated carbocycles. The first-order valence-electron chi connectivity index (χ1n) is 4.68. The van der Waals surface area contributed by atoms with Crippen molar-refractivity contribution in [1.29, 1.82) is 0 Å². The minimum Gasteiger partial charge on any atom is -0.370 e. The molecule has 0 aromatic heterocycles. The van der Waals surface area contributed by atoms with E-state index in [1.807, 2.05) is 0 Å². The third-order valence-corrected chi connectivity index (χ3v) is 2.41. The zero-order valence-corrected chi connectivity index (χ0v) is 7.74. The van der Waals surface area contributed by atoms with Crippen LogP contribution in [-0.4, -0.2) is 36.7 Å². The van der Waals surface area contributed by atoms with Gasteiger partial charge < -0.3 is 15.4 Å². The molecule has 1 unspecified atom stereocenters. The molecule has 1 atom stereocenters. The summed E-state index contributed by atoms with van der Waals surface area (Å²) in [5, 5.41) is 0. The van der Waals surface area contributed by atoms with Crippen molar-refractivity contribution in [3.8, 4) is 0 Å². The van der Waals surface area contributed by atoms with Gasteiger partial charge >= 0.3 is 0 Å². The number of nitrogens with two attached hydrogens (primary N) is 1. The molecule has 13 heavy (non-hydrogen) atoms. The molecule has 1 aliphatic rings. The summed E-state index contributed by atoms with van der Waals surface area (Å²) >= 11 is 0. The van der Waals surface area contributed by atoms with Crippen LogP contribution in [-0.2, 0) is 9.59 Å². The monoisotopic (exact) mass is 184 g/mol. The summed E-state index contributed by atoms with van der Waals surface area (Å²) in [5.41, 5.74) is 5.04. The molecular formula is C9H16N2O2. The van der Waals surface area contributed by atoms with Crippen LogP contribution in [0.2, 0.25) is 0 Å². The van der Waals surface area contributed by atoms with Crippen molar-refractivity contribution in [2.24, 2.45) is 11.7 Å². The second-order valence-corrected chi connectivity index (χ2v) is 3.56. The largest absolute Gasteiger partial charge is 0.370 e. The molecule has 1 saturated heterocycles. The Kier molecular flexibility index (Phi) is 3.89. The lowest BCUT2D eigenvalue weighted by Gasteiger charge is -2.29. The van der Waals surface area contributed by atoms with Crippen LogP contribution >= 0.6 is 0 Å². The summed E-state index contributed by atoms with van der Waals surface area (Å²) in [6.45, 7) is 2.47. The van der Waals surface area contributed by atoms with Crippen molar-refractivity contribution in [3.05, 3.63) is 0 Å². The Hall–Kier alpha value is -0.900. The Morgan fingerprint density at radius 1 is 1.62 bits per heavy atom. The van der Waals surface area contributed by atoms with E-state index in [1.54, 1.807) is 0 Å². The number of hydrogen-bond acceptors (Lipinski definition) is 3. The topological polar surface area (TPSA) is 63.4 Å². The molecule has 1 fully saturated rings. The Morgan fingerprint density at radius 2 is 2.38 bits per heavy atom. The molecule has 0 radical (unpaired) electrons. The first-order chi connectivity index (χ1) is 6.22. The smallest absolute Gasteiger partial charge is 0.218 e. The minimum atomic E-state index is -0.270. The quantitative estimate of drug-likeness (QED) is 0.614. The van der Waals surface area contributed by atoms with Crippen LogP contribution < -0.4 is 5.73 Å². The minimum absolute atomic E-state index is 0.154. The van der Waals surface area contributed by atoms with Crippen LogP contribution in [0.15, 0.2) is 0 Å². The zero-order valence-electron chi connectivity index (χ0n) is 7.74. The van der Waals surface area contributed by atoms with Gasteiger partial charge in [0.05, 0.1) is 0 Å². The van der Waals surface area contributed by atoms with Gasteiger partial charge in [-0.05, 0) is 19.4 Å². The summed E-state index contributed by atoms with van der Waals surface area (Å²) in [7, 11) is 0. The molecule has 1 heterocycles. The van der Waals surface area contributed by atoms with E-state index in [0.29, 0.717) is 13.0 Å². The average molecular weight is 184 g/mol. The molecule has 0 aromatic carbocycles. The third-order valence-electron chi connectivity index (χ3n) is 2.41. The van der Waals surface area contributed by atoms with Crippen molar-refractivity contribution in [2.75, 3.05) is 19.6 Å². The second-order valence-electron chi connectivity index (χ2n) is 3.56. The maximum atomic E-state index is 10.5. The lowest BCUT2D eigenvalue weighted by Crippen LogP contribution is -2.37. The van der Waals surface area contributed by atoms with E-state index < -0.39 is 0 Å². The van der Waals surface area contributed by atoms with Gasteiger partial charge in [0.1, 0.15) is 6.29 Å². The van der Waals surface area contributed by atoms with Crippen molar-refractivity contribution in [1.82, 2.24) is 4.90 Å². The Bertz CT molecular complexity index is 194. The number of aldehydes is 1. The third kappa shape index (κ3) is 3.55. The van der Waals surface area contributed by atoms with Gasteiger partial charge in [-0.25, -0.2) is 0 Å². The van der Waals surface area contributed by atoms with Gasteiger partial charge in [-0.3, -0.25) is 4.79 Å². The molecule has 0 spiro atoms. The van der Waals surface area contributed by atoms with E-state index in [0.717, 1.165) is 32.2 Å². The molecule has 74 valence electrons. The molecule has 0 aliphatic carbocycles. The molecule has 0 bridgehead atoms. The Balaban J connectivity index is 2.25. The lowest BCUT2D eigenvalue weighted by molar-refractivity contribution is -0.118. The van der Waals surface area contributed by atoms with E-state index in [1.165, 1.54) is 0 Å². The van der Waals surface area contributed by atoms with Crippen LogP contribution in [0.3, 0.4) is 0 Å². The maximum Gasteiger partial charge on any atom is 0.218 e. The standard InChI is InChI=1S/C9H16N2O2/c10-9(13)3-5-11-4-1-2-8(6-11)7-12/h7-8H,1-6H2,(H2,10,13). The summed E-state index contributed by atoms with van der Waals surface area (Å²) in [6.07, 6.45) is 3.43. The summed E-state index contributed by atoms with van der Waals surface area (Å²) in [5.74, 6) is -0.116. The summed E-state index contributed by atoms with van der Waals surface area (Å²) in [6, 6.07) is 0. The van der Waals surface area contributed by atoms with E-state index >= 15 is 0 Å². The SMILES string of the molecule is NC(=O)CCN1CCCC(C=O)C1. The fourth-order valence-electron chi connectivity index (χ4n) is 1.67. The number of carbonyl (C=O) groups is 2. The number of primary amides is 1. The number of nitrogens with zero attached hydrogens (tertiary/aromatic N) is 1. The summed E-state index contributed by atoms with van der Waals surface area (Å²) < 4.78 is 0. The molecule has 1 aliphatic heterocycles. The number of likely N-dealkylation sites (tertiary alicyclic amines) is 1. The predicted molar refractivity (Wildman–Crippen MR) is 49.0 cm³/mol. The molecule has 1 amide bonds. The molecule has 2 N–H and O–H groups in total. The van der Waals surface area contributed by atoms with E-state index in [2.05, 4.69) is 4.90 Å². The van der Waals surface area contributed by atoms with Gasteiger partial charge in [0.2, 0.25) is 5.91 Å². The highest BCUT2D eigenvalue weighted by Crippen LogP contribution is 2.14. The van der Waals surface area contributed by atoms with Gasteiger partial charge in [0.15, 0.2) is 0 Å². The number of carbonyl (C=O) groups excluding carboxylic acids is 2.